The molecule has 1 nitrogen and oxygen atoms in total. The van der Waals surface area contributed by atoms with E-state index in [1.165, 1.54) is 57.8 Å². The summed E-state index contributed by atoms with van der Waals surface area (Å²) in [7, 11) is 0. The van der Waals surface area contributed by atoms with Crippen molar-refractivity contribution in [3.63, 3.8) is 0 Å². The van der Waals surface area contributed by atoms with Crippen LogP contribution in [-0.4, -0.2) is 5.11 Å². The quantitative estimate of drug-likeness (QED) is 0.597. The zero-order chi connectivity index (χ0) is 9.36. The Morgan fingerprint density at radius 3 is 1.23 bits per heavy atom. The van der Waals surface area contributed by atoms with Crippen LogP contribution in [0.3, 0.4) is 0 Å². The van der Waals surface area contributed by atoms with Crippen molar-refractivity contribution in [1.82, 2.24) is 0 Å². The van der Waals surface area contributed by atoms with Crippen LogP contribution in [0, 0.1) is 6.10 Å². The highest BCUT2D eigenvalue weighted by Crippen LogP contribution is 2.19. The number of hydrogen-bond acceptors (Lipinski definition) is 1. The lowest BCUT2D eigenvalue weighted by Gasteiger charge is -2.10. The Labute approximate surface area is 82.5 Å². The van der Waals surface area contributed by atoms with Gasteiger partial charge in [-0.3, -0.25) is 0 Å². The maximum absolute atomic E-state index is 9.51. The molecule has 1 rings (SSSR count). The Kier molecular flexibility index (Phi) is 6.26. The molecule has 0 amide bonds. The van der Waals surface area contributed by atoms with Crippen LogP contribution in [0.2, 0.25) is 0 Å². The molecule has 0 aromatic heterocycles. The molecule has 13 heavy (non-hydrogen) atoms. The van der Waals surface area contributed by atoms with E-state index in [0.29, 0.717) is 0 Å². The second-order valence-electron chi connectivity index (χ2n) is 4.25. The molecule has 1 aliphatic carbocycles. The van der Waals surface area contributed by atoms with E-state index in [9.17, 15) is 5.11 Å². The van der Waals surface area contributed by atoms with Gasteiger partial charge in [0.2, 0.25) is 0 Å². The highest BCUT2D eigenvalue weighted by atomic mass is 16.3. The first kappa shape index (κ1) is 11.0. The molecule has 1 aliphatic rings. The van der Waals surface area contributed by atoms with Crippen LogP contribution in [0.25, 0.3) is 0 Å². The van der Waals surface area contributed by atoms with E-state index in [0.717, 1.165) is 18.9 Å². The van der Waals surface area contributed by atoms with Gasteiger partial charge in [0.05, 0.1) is 6.10 Å². The molecular formula is C12H23O. The second-order valence-corrected chi connectivity index (χ2v) is 4.25. The molecule has 0 saturated heterocycles. The first-order valence-corrected chi connectivity index (χ1v) is 5.93. The maximum Gasteiger partial charge on any atom is 0.0933 e. The number of hydrogen-bond donors (Lipinski definition) is 1. The van der Waals surface area contributed by atoms with Crippen molar-refractivity contribution < 1.29 is 5.11 Å². The van der Waals surface area contributed by atoms with Crippen molar-refractivity contribution in [3.05, 3.63) is 6.10 Å². The summed E-state index contributed by atoms with van der Waals surface area (Å²) in [5.74, 6) is 0. The topological polar surface area (TPSA) is 20.2 Å². The normalized spacial score (nSPS) is 24.7. The van der Waals surface area contributed by atoms with E-state index in [2.05, 4.69) is 0 Å². The van der Waals surface area contributed by atoms with Crippen LogP contribution in [0.4, 0.5) is 0 Å². The van der Waals surface area contributed by atoms with Gasteiger partial charge in [0, 0.05) is 0 Å². The standard InChI is InChI=1S/C12H23O/c13-12-10-8-6-4-2-1-3-5-7-9-11-12/h13H,1-11H2. The van der Waals surface area contributed by atoms with Gasteiger partial charge in [-0.05, 0) is 12.8 Å². The lowest BCUT2D eigenvalue weighted by molar-refractivity contribution is 0.256. The molecule has 0 heterocycles. The van der Waals surface area contributed by atoms with Crippen LogP contribution in [-0.2, 0) is 0 Å². The van der Waals surface area contributed by atoms with Gasteiger partial charge in [0.1, 0.15) is 0 Å². The van der Waals surface area contributed by atoms with Crippen LogP contribution >= 0.6 is 0 Å². The van der Waals surface area contributed by atoms with E-state index in [4.69, 9.17) is 0 Å². The molecule has 0 unspecified atom stereocenters. The summed E-state index contributed by atoms with van der Waals surface area (Å²) in [4.78, 5) is 0. The van der Waals surface area contributed by atoms with Crippen molar-refractivity contribution in [2.24, 2.45) is 0 Å². The fraction of sp³-hybridized carbons (Fsp3) is 0.917. The molecule has 0 atom stereocenters. The summed E-state index contributed by atoms with van der Waals surface area (Å²) >= 11 is 0. The minimum atomic E-state index is 0.751. The summed E-state index contributed by atoms with van der Waals surface area (Å²) in [6.45, 7) is 0. The van der Waals surface area contributed by atoms with Gasteiger partial charge in [-0.15, -0.1) is 0 Å². The predicted molar refractivity (Wildman–Crippen MR) is 56.0 cm³/mol. The zero-order valence-corrected chi connectivity index (χ0v) is 8.73. The lowest BCUT2D eigenvalue weighted by Crippen LogP contribution is -1.97. The largest absolute Gasteiger partial charge is 0.387 e. The van der Waals surface area contributed by atoms with Gasteiger partial charge in [0.15, 0.2) is 0 Å². The van der Waals surface area contributed by atoms with Gasteiger partial charge in [-0.2, -0.15) is 0 Å². The minimum Gasteiger partial charge on any atom is -0.387 e. The van der Waals surface area contributed by atoms with Crippen molar-refractivity contribution in [1.29, 1.82) is 0 Å². The van der Waals surface area contributed by atoms with Crippen molar-refractivity contribution in [2.75, 3.05) is 0 Å². The van der Waals surface area contributed by atoms with E-state index in [-0.39, 0.29) is 0 Å². The van der Waals surface area contributed by atoms with Crippen LogP contribution in [0.15, 0.2) is 0 Å². The fourth-order valence-corrected chi connectivity index (χ4v) is 2.02. The Morgan fingerprint density at radius 1 is 0.538 bits per heavy atom. The maximum atomic E-state index is 9.51. The summed E-state index contributed by atoms with van der Waals surface area (Å²) < 4.78 is 0. The van der Waals surface area contributed by atoms with Gasteiger partial charge < -0.3 is 5.11 Å². The monoisotopic (exact) mass is 183 g/mol. The van der Waals surface area contributed by atoms with Crippen LogP contribution in [0.5, 0.6) is 0 Å². The van der Waals surface area contributed by atoms with Crippen molar-refractivity contribution in [2.45, 2.75) is 70.6 Å². The summed E-state index contributed by atoms with van der Waals surface area (Å²) in [5, 5.41) is 9.51. The molecule has 0 spiro atoms. The number of rotatable bonds is 0. The van der Waals surface area contributed by atoms with Crippen molar-refractivity contribution in [3.8, 4) is 0 Å². The molecule has 0 bridgehead atoms. The second kappa shape index (κ2) is 7.37. The first-order valence-electron chi connectivity index (χ1n) is 5.93. The SMILES string of the molecule is O[C]1CCCCCCCCCCC1. The Hall–Kier alpha value is -0.0400. The predicted octanol–water partition coefficient (Wildman–Crippen LogP) is 4.20. The van der Waals surface area contributed by atoms with Gasteiger partial charge in [-0.1, -0.05) is 57.8 Å². The van der Waals surface area contributed by atoms with E-state index >= 15 is 0 Å². The summed E-state index contributed by atoms with van der Waals surface area (Å²) in [6.07, 6.45) is 14.7. The summed E-state index contributed by atoms with van der Waals surface area (Å²) in [5.41, 5.74) is 0. The Bertz CT molecular complexity index is 99.7. The van der Waals surface area contributed by atoms with E-state index < -0.39 is 0 Å². The highest BCUT2D eigenvalue weighted by Gasteiger charge is 2.05. The average molecular weight is 183 g/mol. The third-order valence-electron chi connectivity index (χ3n) is 2.93. The molecule has 77 valence electrons. The lowest BCUT2D eigenvalue weighted by atomic mass is 10.00. The average Bonchev–Trinajstić information content (AvgIpc) is 2.11. The fourth-order valence-electron chi connectivity index (χ4n) is 2.02. The minimum absolute atomic E-state index is 0.751. The molecule has 1 N–H and O–H groups in total. The van der Waals surface area contributed by atoms with Crippen LogP contribution < -0.4 is 0 Å². The molecule has 1 fully saturated rings. The number of aliphatic hydroxyl groups excluding tert-OH is 1. The third-order valence-corrected chi connectivity index (χ3v) is 2.93. The Morgan fingerprint density at radius 2 is 0.846 bits per heavy atom. The van der Waals surface area contributed by atoms with Gasteiger partial charge in [0.25, 0.3) is 0 Å². The zero-order valence-electron chi connectivity index (χ0n) is 8.73. The van der Waals surface area contributed by atoms with E-state index in [1.54, 1.807) is 0 Å². The molecule has 1 radical (unpaired) electrons. The molecule has 0 aliphatic heterocycles. The van der Waals surface area contributed by atoms with Crippen molar-refractivity contribution >= 4 is 0 Å². The Balaban J connectivity index is 2.11. The summed E-state index contributed by atoms with van der Waals surface area (Å²) in [6, 6.07) is 0. The molecule has 1 saturated carbocycles. The number of aliphatic hydroxyl groups is 1. The molecule has 0 aromatic rings. The van der Waals surface area contributed by atoms with Gasteiger partial charge >= 0.3 is 0 Å². The van der Waals surface area contributed by atoms with Gasteiger partial charge in [-0.25, -0.2) is 0 Å². The van der Waals surface area contributed by atoms with Crippen LogP contribution in [0.1, 0.15) is 70.6 Å². The third kappa shape index (κ3) is 6.09. The smallest absolute Gasteiger partial charge is 0.0933 e. The molecule has 0 aromatic carbocycles. The highest BCUT2D eigenvalue weighted by molar-refractivity contribution is 4.75. The molecule has 1 heteroatoms. The molecular weight excluding hydrogens is 160 g/mol. The first-order chi connectivity index (χ1) is 6.39. The van der Waals surface area contributed by atoms with E-state index in [1.807, 2.05) is 0 Å².